The second-order valence-electron chi connectivity index (χ2n) is 4.76. The van der Waals surface area contributed by atoms with E-state index in [4.69, 9.17) is 5.73 Å². The van der Waals surface area contributed by atoms with E-state index in [-0.39, 0.29) is 31.6 Å². The summed E-state index contributed by atoms with van der Waals surface area (Å²) in [4.78, 5) is 5.76. The van der Waals surface area contributed by atoms with Gasteiger partial charge in [-0.05, 0) is 22.0 Å². The molecule has 2 N–H and O–H groups in total. The van der Waals surface area contributed by atoms with Crippen LogP contribution in [0.1, 0.15) is 12.8 Å². The number of rotatable bonds is 1. The fourth-order valence-corrected chi connectivity index (χ4v) is 3.70. The van der Waals surface area contributed by atoms with Crippen LogP contribution in [0.4, 0.5) is 24.0 Å². The minimum absolute atomic E-state index is 0.104. The normalized spacial score (nSPS) is 18.7. The maximum Gasteiger partial charge on any atom is 0.251 e. The van der Waals surface area contributed by atoms with Crippen LogP contribution in [0.5, 0.6) is 0 Å². The van der Waals surface area contributed by atoms with Gasteiger partial charge >= 0.3 is 0 Å². The fraction of sp³-hybridized carbons (Fsp3) is 0.417. The van der Waals surface area contributed by atoms with E-state index >= 15 is 0 Å². The van der Waals surface area contributed by atoms with Crippen LogP contribution >= 0.6 is 27.3 Å². The summed E-state index contributed by atoms with van der Waals surface area (Å²) in [5.74, 6) is -3.15. The molecule has 0 spiro atoms. The standard InChI is InChI=1S/C12H11BrF3N3S/c13-6-5-7-9(18-11(17)20-7)10(8(6)14)19-3-1-12(15,16)2-4-19/h5H,1-4H2,(H2,17,18). The van der Waals surface area contributed by atoms with Crippen molar-refractivity contribution in [3.63, 3.8) is 0 Å². The third kappa shape index (κ3) is 2.35. The number of hydrogen-bond donors (Lipinski definition) is 1. The van der Waals surface area contributed by atoms with Gasteiger partial charge in [-0.25, -0.2) is 18.2 Å². The molecule has 1 saturated heterocycles. The summed E-state index contributed by atoms with van der Waals surface area (Å²) in [5.41, 5.74) is 6.37. The van der Waals surface area contributed by atoms with E-state index in [2.05, 4.69) is 20.9 Å². The first kappa shape index (κ1) is 13.9. The van der Waals surface area contributed by atoms with Crippen molar-refractivity contribution in [3.8, 4) is 0 Å². The summed E-state index contributed by atoms with van der Waals surface area (Å²) in [7, 11) is 0. The van der Waals surface area contributed by atoms with E-state index in [0.717, 1.165) is 4.70 Å². The molecule has 1 aromatic carbocycles. The van der Waals surface area contributed by atoms with E-state index in [0.29, 0.717) is 15.1 Å². The van der Waals surface area contributed by atoms with Gasteiger partial charge in [0.2, 0.25) is 0 Å². The van der Waals surface area contributed by atoms with Crippen LogP contribution in [0, 0.1) is 5.82 Å². The van der Waals surface area contributed by atoms with Gasteiger partial charge < -0.3 is 10.6 Å². The average Bonchev–Trinajstić information content (AvgIpc) is 2.72. The van der Waals surface area contributed by atoms with Crippen LogP contribution in [-0.4, -0.2) is 24.0 Å². The van der Waals surface area contributed by atoms with Crippen molar-refractivity contribution in [3.05, 3.63) is 16.4 Å². The Bertz CT molecular complexity index is 664. The molecule has 1 fully saturated rings. The van der Waals surface area contributed by atoms with Crippen molar-refractivity contribution in [1.29, 1.82) is 0 Å². The Kier molecular flexibility index (Phi) is 3.32. The van der Waals surface area contributed by atoms with Crippen molar-refractivity contribution in [2.45, 2.75) is 18.8 Å². The Morgan fingerprint density at radius 3 is 2.65 bits per heavy atom. The minimum atomic E-state index is -2.67. The third-order valence-corrected chi connectivity index (χ3v) is 4.79. The number of thiazole rings is 1. The zero-order chi connectivity index (χ0) is 14.5. The molecule has 3 nitrogen and oxygen atoms in total. The molecule has 0 amide bonds. The van der Waals surface area contributed by atoms with Crippen LogP contribution in [-0.2, 0) is 0 Å². The van der Waals surface area contributed by atoms with Crippen LogP contribution in [0.15, 0.2) is 10.5 Å². The van der Waals surface area contributed by atoms with Crippen molar-refractivity contribution in [1.82, 2.24) is 4.98 Å². The molecule has 0 radical (unpaired) electrons. The molecule has 108 valence electrons. The number of alkyl halides is 2. The van der Waals surface area contributed by atoms with E-state index in [1.165, 1.54) is 11.3 Å². The Labute approximate surface area is 125 Å². The quantitative estimate of drug-likeness (QED) is 0.829. The fourth-order valence-electron chi connectivity index (χ4n) is 2.36. The topological polar surface area (TPSA) is 42.1 Å². The molecule has 20 heavy (non-hydrogen) atoms. The largest absolute Gasteiger partial charge is 0.375 e. The summed E-state index contributed by atoms with van der Waals surface area (Å²) in [6.45, 7) is 0.208. The molecule has 8 heteroatoms. The first-order valence-corrected chi connectivity index (χ1v) is 7.65. The van der Waals surface area contributed by atoms with E-state index < -0.39 is 11.7 Å². The summed E-state index contributed by atoms with van der Waals surface area (Å²) >= 11 is 4.40. The van der Waals surface area contributed by atoms with Gasteiger partial charge in [-0.2, -0.15) is 0 Å². The number of piperidine rings is 1. The summed E-state index contributed by atoms with van der Waals surface area (Å²) in [6.07, 6.45) is -0.555. The Morgan fingerprint density at radius 1 is 1.35 bits per heavy atom. The summed E-state index contributed by atoms with van der Waals surface area (Å²) in [5, 5.41) is 0.334. The van der Waals surface area contributed by atoms with Gasteiger partial charge in [-0.1, -0.05) is 11.3 Å². The molecule has 0 aliphatic carbocycles. The van der Waals surface area contributed by atoms with E-state index in [1.54, 1.807) is 11.0 Å². The molecule has 3 rings (SSSR count). The highest BCUT2D eigenvalue weighted by atomic mass is 79.9. The van der Waals surface area contributed by atoms with Crippen LogP contribution in [0.2, 0.25) is 0 Å². The molecular formula is C12H11BrF3N3S. The molecular weight excluding hydrogens is 355 g/mol. The number of nitrogens with two attached hydrogens (primary N) is 1. The lowest BCUT2D eigenvalue weighted by Crippen LogP contribution is -2.39. The molecule has 0 unspecified atom stereocenters. The lowest BCUT2D eigenvalue weighted by Gasteiger charge is -2.33. The average molecular weight is 366 g/mol. The Hall–Kier alpha value is -1.02. The highest BCUT2D eigenvalue weighted by Crippen LogP contribution is 2.40. The van der Waals surface area contributed by atoms with Crippen molar-refractivity contribution in [2.75, 3.05) is 23.7 Å². The number of nitrogens with zero attached hydrogens (tertiary/aromatic N) is 2. The number of halogens is 4. The number of nitrogen functional groups attached to an aromatic ring is 1. The second kappa shape index (κ2) is 4.77. The van der Waals surface area contributed by atoms with Gasteiger partial charge in [0.25, 0.3) is 5.92 Å². The van der Waals surface area contributed by atoms with E-state index in [9.17, 15) is 13.2 Å². The van der Waals surface area contributed by atoms with Crippen molar-refractivity contribution < 1.29 is 13.2 Å². The number of benzene rings is 1. The molecule has 0 atom stereocenters. The maximum absolute atomic E-state index is 14.4. The smallest absolute Gasteiger partial charge is 0.251 e. The first-order valence-electron chi connectivity index (χ1n) is 6.04. The van der Waals surface area contributed by atoms with Crippen molar-refractivity contribution >= 4 is 48.3 Å². The molecule has 1 aliphatic heterocycles. The van der Waals surface area contributed by atoms with Gasteiger partial charge in [-0.15, -0.1) is 0 Å². The lowest BCUT2D eigenvalue weighted by atomic mass is 10.1. The molecule has 2 aromatic rings. The van der Waals surface area contributed by atoms with Gasteiger partial charge in [0.05, 0.1) is 9.17 Å². The summed E-state index contributed by atoms with van der Waals surface area (Å²) < 4.78 is 41.9. The van der Waals surface area contributed by atoms with Gasteiger partial charge in [0.15, 0.2) is 10.9 Å². The van der Waals surface area contributed by atoms with Gasteiger partial charge in [0, 0.05) is 25.9 Å². The molecule has 2 heterocycles. The zero-order valence-corrected chi connectivity index (χ0v) is 12.7. The molecule has 0 bridgehead atoms. The third-order valence-electron chi connectivity index (χ3n) is 3.38. The van der Waals surface area contributed by atoms with Crippen molar-refractivity contribution in [2.24, 2.45) is 0 Å². The van der Waals surface area contributed by atoms with Crippen LogP contribution < -0.4 is 10.6 Å². The number of fused-ring (bicyclic) bond motifs is 1. The van der Waals surface area contributed by atoms with Crippen LogP contribution in [0.25, 0.3) is 10.2 Å². The minimum Gasteiger partial charge on any atom is -0.375 e. The van der Waals surface area contributed by atoms with E-state index in [1.807, 2.05) is 0 Å². The first-order chi connectivity index (χ1) is 9.37. The molecule has 0 saturated carbocycles. The number of anilines is 2. The number of hydrogen-bond acceptors (Lipinski definition) is 4. The predicted octanol–water partition coefficient (Wildman–Crippen LogP) is 4.02. The molecule has 1 aromatic heterocycles. The van der Waals surface area contributed by atoms with Crippen LogP contribution in [0.3, 0.4) is 0 Å². The molecule has 1 aliphatic rings. The Balaban J connectivity index is 2.08. The Morgan fingerprint density at radius 2 is 2.00 bits per heavy atom. The van der Waals surface area contributed by atoms with Gasteiger partial charge in [-0.3, -0.25) is 0 Å². The predicted molar refractivity (Wildman–Crippen MR) is 78.1 cm³/mol. The second-order valence-corrected chi connectivity index (χ2v) is 6.68. The lowest BCUT2D eigenvalue weighted by molar-refractivity contribution is -0.0221. The number of aromatic nitrogens is 1. The zero-order valence-electron chi connectivity index (χ0n) is 10.3. The maximum atomic E-state index is 14.4. The highest BCUT2D eigenvalue weighted by molar-refractivity contribution is 9.10. The SMILES string of the molecule is Nc1nc2c(N3CCC(F)(F)CC3)c(F)c(Br)cc2s1. The highest BCUT2D eigenvalue weighted by Gasteiger charge is 2.35. The monoisotopic (exact) mass is 365 g/mol. The summed E-state index contributed by atoms with van der Waals surface area (Å²) in [6, 6.07) is 1.61. The van der Waals surface area contributed by atoms with Gasteiger partial charge in [0.1, 0.15) is 11.2 Å².